The predicted molar refractivity (Wildman–Crippen MR) is 104 cm³/mol. The monoisotopic (exact) mass is 370 g/mol. The first kappa shape index (κ1) is 19.0. The number of carbonyl (C=O) groups is 1. The molecule has 0 aliphatic rings. The number of nitrogens with two attached hydrogens (primary N) is 2. The fourth-order valence-corrected chi connectivity index (χ4v) is 2.92. The first-order valence-corrected chi connectivity index (χ1v) is 8.78. The summed E-state index contributed by atoms with van der Waals surface area (Å²) in [4.78, 5) is 15.9. The third kappa shape index (κ3) is 4.51. The van der Waals surface area contributed by atoms with E-state index in [9.17, 15) is 9.18 Å². The zero-order valence-electron chi connectivity index (χ0n) is 14.9. The number of rotatable bonds is 8. The van der Waals surface area contributed by atoms with E-state index in [0.717, 1.165) is 22.0 Å². The van der Waals surface area contributed by atoms with Gasteiger partial charge in [0.25, 0.3) is 5.91 Å². The lowest BCUT2D eigenvalue weighted by Gasteiger charge is -2.13. The molecule has 1 amide bonds. The van der Waals surface area contributed by atoms with Gasteiger partial charge in [-0.05, 0) is 23.8 Å². The van der Waals surface area contributed by atoms with Crippen molar-refractivity contribution in [2.75, 3.05) is 26.3 Å². The van der Waals surface area contributed by atoms with Crippen LogP contribution in [0.3, 0.4) is 0 Å². The number of nitrogens with one attached hydrogen (secondary N) is 2. The molecule has 0 aliphatic carbocycles. The number of fused-ring (bicyclic) bond motifs is 1. The van der Waals surface area contributed by atoms with Crippen LogP contribution in [0.1, 0.15) is 10.5 Å². The Kier molecular flexibility index (Phi) is 6.18. The standard InChI is InChI=1S/C20H23FN4O2/c21-14-7-5-13(6-8-14)18-16-3-1-2-4-17(16)25-19(18)20(26)24-11-15(23)12-27-10-9-22/h1-8,15,25H,9-12,22-23H2,(H,24,26). The molecule has 27 heavy (non-hydrogen) atoms. The SMILES string of the molecule is NCCOCC(N)CNC(=O)c1[nH]c2ccccc2c1-c1ccc(F)cc1. The van der Waals surface area contributed by atoms with Gasteiger partial charge in [0, 0.05) is 35.6 Å². The maximum atomic E-state index is 13.3. The molecule has 6 N–H and O–H groups in total. The van der Waals surface area contributed by atoms with Gasteiger partial charge in [0.1, 0.15) is 11.5 Å². The summed E-state index contributed by atoms with van der Waals surface area (Å²) in [5.74, 6) is -0.604. The zero-order chi connectivity index (χ0) is 19.2. The van der Waals surface area contributed by atoms with Gasteiger partial charge in [-0.25, -0.2) is 4.39 Å². The second-order valence-electron chi connectivity index (χ2n) is 6.26. The highest BCUT2D eigenvalue weighted by molar-refractivity contribution is 6.09. The first-order chi connectivity index (χ1) is 13.1. The number of H-pyrrole nitrogens is 1. The molecule has 0 fully saturated rings. The van der Waals surface area contributed by atoms with Crippen molar-refractivity contribution in [1.29, 1.82) is 0 Å². The summed E-state index contributed by atoms with van der Waals surface area (Å²) < 4.78 is 18.6. The third-order valence-electron chi connectivity index (χ3n) is 4.18. The number of aromatic nitrogens is 1. The van der Waals surface area contributed by atoms with E-state index in [0.29, 0.717) is 25.5 Å². The lowest BCUT2D eigenvalue weighted by atomic mass is 10.0. The Morgan fingerprint density at radius 3 is 2.67 bits per heavy atom. The van der Waals surface area contributed by atoms with Crippen molar-refractivity contribution in [2.45, 2.75) is 6.04 Å². The summed E-state index contributed by atoms with van der Waals surface area (Å²) in [5.41, 5.74) is 14.1. The Balaban J connectivity index is 1.84. The Hall–Kier alpha value is -2.74. The van der Waals surface area contributed by atoms with E-state index in [1.165, 1.54) is 12.1 Å². The molecule has 0 bridgehead atoms. The van der Waals surface area contributed by atoms with E-state index >= 15 is 0 Å². The summed E-state index contributed by atoms with van der Waals surface area (Å²) in [6.45, 7) is 1.43. The Morgan fingerprint density at radius 1 is 1.19 bits per heavy atom. The van der Waals surface area contributed by atoms with Crippen LogP contribution in [-0.4, -0.2) is 43.2 Å². The highest BCUT2D eigenvalue weighted by atomic mass is 19.1. The van der Waals surface area contributed by atoms with Crippen molar-refractivity contribution in [1.82, 2.24) is 10.3 Å². The minimum Gasteiger partial charge on any atom is -0.378 e. The normalized spacial score (nSPS) is 12.3. The van der Waals surface area contributed by atoms with Gasteiger partial charge < -0.3 is 26.5 Å². The molecule has 142 valence electrons. The first-order valence-electron chi connectivity index (χ1n) is 8.78. The van der Waals surface area contributed by atoms with Crippen LogP contribution < -0.4 is 16.8 Å². The van der Waals surface area contributed by atoms with Crippen LogP contribution >= 0.6 is 0 Å². The number of amides is 1. The second-order valence-corrected chi connectivity index (χ2v) is 6.26. The van der Waals surface area contributed by atoms with E-state index in [1.54, 1.807) is 12.1 Å². The summed E-state index contributed by atoms with van der Waals surface area (Å²) in [7, 11) is 0. The van der Waals surface area contributed by atoms with Crippen LogP contribution in [-0.2, 0) is 4.74 Å². The maximum absolute atomic E-state index is 13.3. The molecule has 1 atom stereocenters. The summed E-state index contributed by atoms with van der Waals surface area (Å²) in [5, 5.41) is 3.72. The number of carbonyl (C=O) groups excluding carboxylic acids is 1. The maximum Gasteiger partial charge on any atom is 0.268 e. The Bertz CT molecular complexity index is 908. The molecule has 0 radical (unpaired) electrons. The van der Waals surface area contributed by atoms with Gasteiger partial charge >= 0.3 is 0 Å². The van der Waals surface area contributed by atoms with E-state index in [2.05, 4.69) is 10.3 Å². The lowest BCUT2D eigenvalue weighted by Crippen LogP contribution is -2.40. The molecule has 6 nitrogen and oxygen atoms in total. The van der Waals surface area contributed by atoms with Crippen molar-refractivity contribution < 1.29 is 13.9 Å². The number of aromatic amines is 1. The van der Waals surface area contributed by atoms with Gasteiger partial charge in [0.05, 0.1) is 13.2 Å². The number of ether oxygens (including phenoxy) is 1. The van der Waals surface area contributed by atoms with Gasteiger partial charge in [-0.15, -0.1) is 0 Å². The number of benzene rings is 2. The molecule has 2 aromatic carbocycles. The quantitative estimate of drug-likeness (QED) is 0.455. The van der Waals surface area contributed by atoms with Gasteiger partial charge in [-0.2, -0.15) is 0 Å². The molecule has 3 rings (SSSR count). The molecule has 1 unspecified atom stereocenters. The molecule has 7 heteroatoms. The molecule has 1 aromatic heterocycles. The Morgan fingerprint density at radius 2 is 1.93 bits per heavy atom. The Labute approximate surface area is 156 Å². The fraction of sp³-hybridized carbons (Fsp3) is 0.250. The van der Waals surface area contributed by atoms with E-state index in [1.807, 2.05) is 24.3 Å². The van der Waals surface area contributed by atoms with Crippen molar-refractivity contribution >= 4 is 16.8 Å². The molecular formula is C20H23FN4O2. The average Bonchev–Trinajstić information content (AvgIpc) is 3.06. The van der Waals surface area contributed by atoms with Crippen molar-refractivity contribution in [3.05, 3.63) is 60.0 Å². The van der Waals surface area contributed by atoms with Gasteiger partial charge in [-0.3, -0.25) is 4.79 Å². The largest absolute Gasteiger partial charge is 0.378 e. The summed E-state index contributed by atoms with van der Waals surface area (Å²) in [6.07, 6.45) is 0. The number of halogens is 1. The van der Waals surface area contributed by atoms with Crippen LogP contribution in [0.5, 0.6) is 0 Å². The molecule has 0 saturated heterocycles. The average molecular weight is 370 g/mol. The predicted octanol–water partition coefficient (Wildman–Crippen LogP) is 2.01. The minimum atomic E-state index is -0.334. The smallest absolute Gasteiger partial charge is 0.268 e. The van der Waals surface area contributed by atoms with Crippen LogP contribution in [0, 0.1) is 5.82 Å². The van der Waals surface area contributed by atoms with Crippen molar-refractivity contribution in [3.63, 3.8) is 0 Å². The molecule has 1 heterocycles. The molecular weight excluding hydrogens is 347 g/mol. The highest BCUT2D eigenvalue weighted by Gasteiger charge is 2.19. The molecule has 3 aromatic rings. The second kappa shape index (κ2) is 8.77. The third-order valence-corrected chi connectivity index (χ3v) is 4.18. The van der Waals surface area contributed by atoms with Crippen molar-refractivity contribution in [2.24, 2.45) is 11.5 Å². The van der Waals surface area contributed by atoms with E-state index in [-0.39, 0.29) is 24.3 Å². The van der Waals surface area contributed by atoms with Crippen molar-refractivity contribution in [3.8, 4) is 11.1 Å². The van der Waals surface area contributed by atoms with Crippen LogP contribution in [0.4, 0.5) is 4.39 Å². The fourth-order valence-electron chi connectivity index (χ4n) is 2.92. The van der Waals surface area contributed by atoms with Crippen LogP contribution in [0.15, 0.2) is 48.5 Å². The van der Waals surface area contributed by atoms with Gasteiger partial charge in [-0.1, -0.05) is 30.3 Å². The molecule has 0 saturated carbocycles. The van der Waals surface area contributed by atoms with E-state index < -0.39 is 0 Å². The van der Waals surface area contributed by atoms with Gasteiger partial charge in [0.15, 0.2) is 0 Å². The van der Waals surface area contributed by atoms with Gasteiger partial charge in [0.2, 0.25) is 0 Å². The summed E-state index contributed by atoms with van der Waals surface area (Å²) >= 11 is 0. The molecule has 0 spiro atoms. The van der Waals surface area contributed by atoms with Crippen LogP contribution in [0.25, 0.3) is 22.0 Å². The topological polar surface area (TPSA) is 106 Å². The minimum absolute atomic E-state index is 0.266. The number of hydrogen-bond acceptors (Lipinski definition) is 4. The zero-order valence-corrected chi connectivity index (χ0v) is 14.9. The highest BCUT2D eigenvalue weighted by Crippen LogP contribution is 2.32. The van der Waals surface area contributed by atoms with E-state index in [4.69, 9.17) is 16.2 Å². The summed E-state index contributed by atoms with van der Waals surface area (Å²) in [6, 6.07) is 13.4. The lowest BCUT2D eigenvalue weighted by molar-refractivity contribution is 0.0929. The number of hydrogen-bond donors (Lipinski definition) is 4. The van der Waals surface area contributed by atoms with Crippen LogP contribution in [0.2, 0.25) is 0 Å². The molecule has 0 aliphatic heterocycles. The number of para-hydroxylation sites is 1.